The Morgan fingerprint density at radius 3 is 2.48 bits per heavy atom. The van der Waals surface area contributed by atoms with E-state index in [2.05, 4.69) is 32.5 Å². The summed E-state index contributed by atoms with van der Waals surface area (Å²) in [4.78, 5) is 15.3. The quantitative estimate of drug-likeness (QED) is 0.814. The van der Waals surface area contributed by atoms with Gasteiger partial charge in [0.2, 0.25) is 17.8 Å². The van der Waals surface area contributed by atoms with Crippen molar-refractivity contribution < 1.29 is 0 Å². The topological polar surface area (TPSA) is 66.0 Å². The lowest BCUT2D eigenvalue weighted by Gasteiger charge is -2.23. The highest BCUT2D eigenvalue weighted by Gasteiger charge is 2.21. The first kappa shape index (κ1) is 15.8. The minimum Gasteiger partial charge on any atom is -0.354 e. The van der Waals surface area contributed by atoms with Gasteiger partial charge in [0.15, 0.2) is 0 Å². The summed E-state index contributed by atoms with van der Waals surface area (Å²) in [6.07, 6.45) is 6.44. The molecule has 0 saturated heterocycles. The highest BCUT2D eigenvalue weighted by molar-refractivity contribution is 5.43. The second-order valence-electron chi connectivity index (χ2n) is 6.07. The third-order valence-electron chi connectivity index (χ3n) is 4.03. The van der Waals surface area contributed by atoms with E-state index in [4.69, 9.17) is 0 Å². The first-order chi connectivity index (χ1) is 10.1. The molecule has 1 heterocycles. The Morgan fingerprint density at radius 1 is 1.05 bits per heavy atom. The molecule has 1 aromatic heterocycles. The molecule has 0 amide bonds. The second kappa shape index (κ2) is 7.43. The van der Waals surface area contributed by atoms with Crippen LogP contribution in [0.15, 0.2) is 0 Å². The first-order valence-corrected chi connectivity index (χ1v) is 8.04. The Labute approximate surface area is 127 Å². The van der Waals surface area contributed by atoms with Crippen molar-refractivity contribution in [2.24, 2.45) is 5.92 Å². The highest BCUT2D eigenvalue weighted by atomic mass is 15.3. The molecule has 0 radical (unpaired) electrons. The van der Waals surface area contributed by atoms with Gasteiger partial charge in [0.25, 0.3) is 0 Å². The predicted octanol–water partition coefficient (Wildman–Crippen LogP) is 2.75. The fraction of sp³-hybridized carbons (Fsp3) is 0.800. The van der Waals surface area contributed by atoms with Gasteiger partial charge in [-0.2, -0.15) is 15.0 Å². The molecule has 1 fully saturated rings. The van der Waals surface area contributed by atoms with E-state index in [1.165, 1.54) is 32.1 Å². The van der Waals surface area contributed by atoms with Crippen molar-refractivity contribution in [2.75, 3.05) is 36.2 Å². The number of nitrogens with one attached hydrogen (secondary N) is 2. The number of hydrogen-bond acceptors (Lipinski definition) is 6. The van der Waals surface area contributed by atoms with E-state index in [9.17, 15) is 0 Å². The number of aromatic nitrogens is 3. The lowest BCUT2D eigenvalue weighted by atomic mass is 9.97. The van der Waals surface area contributed by atoms with Gasteiger partial charge in [0, 0.05) is 26.7 Å². The normalized spacial score (nSPS) is 22.5. The lowest BCUT2D eigenvalue weighted by Crippen LogP contribution is -2.28. The maximum absolute atomic E-state index is 4.53. The SMILES string of the molecule is CCNc1nc(NC2CCCCCC2C)nc(N(C)C)n1. The van der Waals surface area contributed by atoms with Crippen molar-refractivity contribution in [3.63, 3.8) is 0 Å². The molecule has 6 heteroatoms. The molecule has 0 aliphatic heterocycles. The van der Waals surface area contributed by atoms with Crippen LogP contribution < -0.4 is 15.5 Å². The van der Waals surface area contributed by atoms with Crippen molar-refractivity contribution >= 4 is 17.8 Å². The van der Waals surface area contributed by atoms with Crippen LogP contribution in [0.2, 0.25) is 0 Å². The van der Waals surface area contributed by atoms with Crippen LogP contribution in [0, 0.1) is 5.92 Å². The molecule has 0 aromatic carbocycles. The summed E-state index contributed by atoms with van der Waals surface area (Å²) in [5, 5.41) is 6.71. The molecule has 2 N–H and O–H groups in total. The van der Waals surface area contributed by atoms with Crippen LogP contribution in [0.3, 0.4) is 0 Å². The number of anilines is 3. The molecule has 118 valence electrons. The predicted molar refractivity (Wildman–Crippen MR) is 88.0 cm³/mol. The molecule has 6 nitrogen and oxygen atoms in total. The number of nitrogens with zero attached hydrogens (tertiary/aromatic N) is 4. The maximum Gasteiger partial charge on any atom is 0.231 e. The fourth-order valence-corrected chi connectivity index (χ4v) is 2.74. The van der Waals surface area contributed by atoms with Gasteiger partial charge in [0.1, 0.15) is 0 Å². The van der Waals surface area contributed by atoms with Crippen LogP contribution >= 0.6 is 0 Å². The molecule has 2 unspecified atom stereocenters. The van der Waals surface area contributed by atoms with Crippen LogP contribution in [0.4, 0.5) is 17.8 Å². The molecule has 1 aromatic rings. The average Bonchev–Trinajstić information content (AvgIpc) is 2.64. The van der Waals surface area contributed by atoms with Crippen LogP contribution in [-0.4, -0.2) is 41.6 Å². The largest absolute Gasteiger partial charge is 0.354 e. The van der Waals surface area contributed by atoms with E-state index in [1.807, 2.05) is 25.9 Å². The summed E-state index contributed by atoms with van der Waals surface area (Å²) < 4.78 is 0. The van der Waals surface area contributed by atoms with E-state index < -0.39 is 0 Å². The summed E-state index contributed by atoms with van der Waals surface area (Å²) in [6, 6.07) is 0.458. The summed E-state index contributed by atoms with van der Waals surface area (Å²) in [7, 11) is 3.90. The van der Waals surface area contributed by atoms with E-state index in [-0.39, 0.29) is 0 Å². The van der Waals surface area contributed by atoms with Gasteiger partial charge in [-0.25, -0.2) is 0 Å². The van der Waals surface area contributed by atoms with Crippen molar-refractivity contribution in [1.82, 2.24) is 15.0 Å². The van der Waals surface area contributed by atoms with Crippen LogP contribution in [0.1, 0.15) is 46.0 Å². The summed E-state index contributed by atoms with van der Waals surface area (Å²) >= 11 is 0. The van der Waals surface area contributed by atoms with E-state index in [0.717, 1.165) is 6.54 Å². The Kier molecular flexibility index (Phi) is 5.59. The first-order valence-electron chi connectivity index (χ1n) is 8.04. The third kappa shape index (κ3) is 4.44. The Bertz CT molecular complexity index is 448. The molecule has 2 rings (SSSR count). The molecular formula is C15H28N6. The highest BCUT2D eigenvalue weighted by Crippen LogP contribution is 2.25. The summed E-state index contributed by atoms with van der Waals surface area (Å²) in [5.74, 6) is 2.67. The fourth-order valence-electron chi connectivity index (χ4n) is 2.74. The monoisotopic (exact) mass is 292 g/mol. The maximum atomic E-state index is 4.53. The molecule has 0 spiro atoms. The van der Waals surface area contributed by atoms with E-state index in [0.29, 0.717) is 29.8 Å². The van der Waals surface area contributed by atoms with Crippen molar-refractivity contribution in [3.8, 4) is 0 Å². The van der Waals surface area contributed by atoms with Gasteiger partial charge in [0.05, 0.1) is 0 Å². The van der Waals surface area contributed by atoms with Gasteiger partial charge in [-0.3, -0.25) is 0 Å². The lowest BCUT2D eigenvalue weighted by molar-refractivity contribution is 0.454. The minimum atomic E-state index is 0.458. The van der Waals surface area contributed by atoms with E-state index in [1.54, 1.807) is 0 Å². The zero-order valence-corrected chi connectivity index (χ0v) is 13.7. The van der Waals surface area contributed by atoms with Gasteiger partial charge in [-0.15, -0.1) is 0 Å². The van der Waals surface area contributed by atoms with E-state index >= 15 is 0 Å². The van der Waals surface area contributed by atoms with Crippen molar-refractivity contribution in [1.29, 1.82) is 0 Å². The zero-order valence-electron chi connectivity index (χ0n) is 13.7. The zero-order chi connectivity index (χ0) is 15.2. The molecular weight excluding hydrogens is 264 g/mol. The second-order valence-corrected chi connectivity index (χ2v) is 6.07. The smallest absolute Gasteiger partial charge is 0.231 e. The molecule has 0 bridgehead atoms. The van der Waals surface area contributed by atoms with Gasteiger partial charge < -0.3 is 15.5 Å². The van der Waals surface area contributed by atoms with Gasteiger partial charge in [-0.05, 0) is 25.7 Å². The molecule has 1 saturated carbocycles. The third-order valence-corrected chi connectivity index (χ3v) is 4.03. The summed E-state index contributed by atoms with van der Waals surface area (Å²) in [6.45, 7) is 5.16. The van der Waals surface area contributed by atoms with Gasteiger partial charge >= 0.3 is 0 Å². The molecule has 1 aliphatic carbocycles. The number of hydrogen-bond donors (Lipinski definition) is 2. The van der Waals surface area contributed by atoms with Crippen LogP contribution in [0.25, 0.3) is 0 Å². The number of rotatable bonds is 5. The average molecular weight is 292 g/mol. The molecule has 1 aliphatic rings. The Hall–Kier alpha value is -1.59. The van der Waals surface area contributed by atoms with Gasteiger partial charge in [-0.1, -0.05) is 26.2 Å². The van der Waals surface area contributed by atoms with Crippen LogP contribution in [-0.2, 0) is 0 Å². The minimum absolute atomic E-state index is 0.458. The van der Waals surface area contributed by atoms with Crippen molar-refractivity contribution in [2.45, 2.75) is 52.0 Å². The molecule has 21 heavy (non-hydrogen) atoms. The standard InChI is InChI=1S/C15H28N6/c1-5-16-13-18-14(20-15(19-13)21(3)4)17-12-10-8-6-7-9-11(12)2/h11-12H,5-10H2,1-4H3,(H2,16,17,18,19,20). The Balaban J connectivity index is 2.17. The van der Waals surface area contributed by atoms with Crippen LogP contribution in [0.5, 0.6) is 0 Å². The summed E-state index contributed by atoms with van der Waals surface area (Å²) in [5.41, 5.74) is 0. The Morgan fingerprint density at radius 2 is 1.76 bits per heavy atom. The van der Waals surface area contributed by atoms with Crippen molar-refractivity contribution in [3.05, 3.63) is 0 Å². The molecule has 2 atom stereocenters.